The van der Waals surface area contributed by atoms with Gasteiger partial charge < -0.3 is 0 Å². The van der Waals surface area contributed by atoms with E-state index in [0.717, 1.165) is 18.5 Å². The van der Waals surface area contributed by atoms with Crippen molar-refractivity contribution in [2.45, 2.75) is 40.5 Å². The minimum Gasteiger partial charge on any atom is -0.266 e. The molecule has 68 valence electrons. The van der Waals surface area contributed by atoms with E-state index in [4.69, 9.17) is 0 Å². The molecule has 0 aliphatic heterocycles. The van der Waals surface area contributed by atoms with Crippen LogP contribution in [0.25, 0.3) is 0 Å². The van der Waals surface area contributed by atoms with Crippen molar-refractivity contribution in [3.8, 4) is 0 Å². The lowest BCUT2D eigenvalue weighted by Crippen LogP contribution is -1.87. The Morgan fingerprint density at radius 2 is 2.00 bits per heavy atom. The summed E-state index contributed by atoms with van der Waals surface area (Å²) in [7, 11) is 0. The molecule has 0 saturated heterocycles. The van der Waals surface area contributed by atoms with Crippen molar-refractivity contribution in [1.29, 1.82) is 0 Å². The van der Waals surface area contributed by atoms with Crippen molar-refractivity contribution in [2.24, 2.45) is 4.99 Å². The zero-order valence-electron chi connectivity index (χ0n) is 8.65. The van der Waals surface area contributed by atoms with Crippen LogP contribution in [0.2, 0.25) is 0 Å². The molecule has 0 spiro atoms. The smallest absolute Gasteiger partial charge is 0.0400 e. The lowest BCUT2D eigenvalue weighted by atomic mass is 10.0. The van der Waals surface area contributed by atoms with Crippen LogP contribution in [0.15, 0.2) is 28.4 Å². The van der Waals surface area contributed by atoms with Crippen LogP contribution < -0.4 is 0 Å². The zero-order valence-corrected chi connectivity index (χ0v) is 8.65. The highest BCUT2D eigenvalue weighted by Crippen LogP contribution is 2.17. The normalized spacial score (nSPS) is 13.3. The average Bonchev–Trinajstić information content (AvgIpc) is 2.04. The Balaban J connectivity index is 4.43. The van der Waals surface area contributed by atoms with E-state index in [1.165, 1.54) is 11.1 Å². The predicted octanol–water partition coefficient (Wildman–Crippen LogP) is 3.73. The standard InChI is InChI=1S/C11H19N/c1-6-8-9(3)10(4)11(5)12-7-2/h7H,3,6,8H2,1-2,4-5H3/b11-10+,12-7?. The van der Waals surface area contributed by atoms with Crippen LogP contribution in [0, 0.1) is 0 Å². The van der Waals surface area contributed by atoms with Gasteiger partial charge in [-0.25, -0.2) is 0 Å². The van der Waals surface area contributed by atoms with Crippen molar-refractivity contribution >= 4 is 6.21 Å². The molecule has 0 aliphatic rings. The van der Waals surface area contributed by atoms with Crippen LogP contribution in [-0.2, 0) is 0 Å². The van der Waals surface area contributed by atoms with Crippen LogP contribution in [0.1, 0.15) is 40.5 Å². The molecule has 0 aliphatic carbocycles. The number of hydrogen-bond acceptors (Lipinski definition) is 1. The van der Waals surface area contributed by atoms with Crippen molar-refractivity contribution < 1.29 is 0 Å². The first-order valence-electron chi connectivity index (χ1n) is 4.47. The largest absolute Gasteiger partial charge is 0.266 e. The predicted molar refractivity (Wildman–Crippen MR) is 56.6 cm³/mol. The molecule has 0 fully saturated rings. The molecule has 0 aromatic heterocycles. The minimum absolute atomic E-state index is 1.07. The van der Waals surface area contributed by atoms with Gasteiger partial charge >= 0.3 is 0 Å². The molecule has 1 heteroatoms. The Hall–Kier alpha value is -0.850. The molecule has 0 rings (SSSR count). The van der Waals surface area contributed by atoms with Gasteiger partial charge in [0.1, 0.15) is 0 Å². The van der Waals surface area contributed by atoms with E-state index in [2.05, 4.69) is 25.4 Å². The van der Waals surface area contributed by atoms with Crippen LogP contribution in [0.3, 0.4) is 0 Å². The van der Waals surface area contributed by atoms with E-state index in [1.807, 2.05) is 20.1 Å². The summed E-state index contributed by atoms with van der Waals surface area (Å²) in [6.07, 6.45) is 4.04. The first-order valence-corrected chi connectivity index (χ1v) is 4.47. The van der Waals surface area contributed by atoms with Crippen molar-refractivity contribution in [1.82, 2.24) is 0 Å². The number of aliphatic imine (C=N–C) groups is 1. The van der Waals surface area contributed by atoms with E-state index in [1.54, 1.807) is 0 Å². The van der Waals surface area contributed by atoms with E-state index in [9.17, 15) is 0 Å². The van der Waals surface area contributed by atoms with Gasteiger partial charge in [0.25, 0.3) is 0 Å². The minimum atomic E-state index is 1.07. The third-order valence-electron chi connectivity index (χ3n) is 1.95. The van der Waals surface area contributed by atoms with Gasteiger partial charge in [0.2, 0.25) is 0 Å². The third-order valence-corrected chi connectivity index (χ3v) is 1.95. The van der Waals surface area contributed by atoms with Gasteiger partial charge in [0, 0.05) is 11.9 Å². The second-order valence-electron chi connectivity index (χ2n) is 2.95. The quantitative estimate of drug-likeness (QED) is 0.444. The monoisotopic (exact) mass is 165 g/mol. The Kier molecular flexibility index (Phi) is 5.35. The fraction of sp³-hybridized carbons (Fsp3) is 0.545. The maximum atomic E-state index is 4.22. The summed E-state index contributed by atoms with van der Waals surface area (Å²) in [5.41, 5.74) is 3.52. The first-order chi connectivity index (χ1) is 5.63. The Labute approximate surface area is 75.9 Å². The summed E-state index contributed by atoms with van der Waals surface area (Å²) in [4.78, 5) is 4.22. The van der Waals surface area contributed by atoms with Gasteiger partial charge in [-0.05, 0) is 32.8 Å². The maximum absolute atomic E-state index is 4.22. The maximum Gasteiger partial charge on any atom is 0.0400 e. The van der Waals surface area contributed by atoms with Gasteiger partial charge in [0.05, 0.1) is 0 Å². The van der Waals surface area contributed by atoms with Gasteiger partial charge in [-0.1, -0.05) is 25.5 Å². The molecule has 0 heterocycles. The molecule has 0 bridgehead atoms. The molecule has 0 radical (unpaired) electrons. The summed E-state index contributed by atoms with van der Waals surface area (Å²) in [5.74, 6) is 0. The first kappa shape index (κ1) is 11.2. The lowest BCUT2D eigenvalue weighted by molar-refractivity contribution is 0.909. The van der Waals surface area contributed by atoms with Crippen LogP contribution >= 0.6 is 0 Å². The fourth-order valence-corrected chi connectivity index (χ4v) is 1.04. The summed E-state index contributed by atoms with van der Waals surface area (Å²) >= 11 is 0. The highest BCUT2D eigenvalue weighted by Gasteiger charge is 1.98. The number of hydrogen-bond donors (Lipinski definition) is 0. The van der Waals surface area contributed by atoms with Gasteiger partial charge in [-0.3, -0.25) is 4.99 Å². The second-order valence-corrected chi connectivity index (χ2v) is 2.95. The summed E-state index contributed by atoms with van der Waals surface area (Å²) < 4.78 is 0. The topological polar surface area (TPSA) is 12.4 Å². The van der Waals surface area contributed by atoms with E-state index in [-0.39, 0.29) is 0 Å². The third kappa shape index (κ3) is 3.51. The molecule has 0 saturated carbocycles. The molecular weight excluding hydrogens is 146 g/mol. The lowest BCUT2D eigenvalue weighted by Gasteiger charge is -2.05. The second kappa shape index (κ2) is 5.76. The molecule has 0 N–H and O–H groups in total. The van der Waals surface area contributed by atoms with Gasteiger partial charge in [-0.2, -0.15) is 0 Å². The Bertz CT molecular complexity index is 209. The van der Waals surface area contributed by atoms with Crippen LogP contribution in [-0.4, -0.2) is 6.21 Å². The molecule has 0 aromatic rings. The molecular formula is C11H19N. The average molecular weight is 165 g/mol. The highest BCUT2D eigenvalue weighted by molar-refractivity contribution is 5.55. The van der Waals surface area contributed by atoms with E-state index >= 15 is 0 Å². The molecule has 0 unspecified atom stereocenters. The van der Waals surface area contributed by atoms with Crippen LogP contribution in [0.5, 0.6) is 0 Å². The van der Waals surface area contributed by atoms with E-state index in [0.29, 0.717) is 0 Å². The molecule has 1 nitrogen and oxygen atoms in total. The Morgan fingerprint density at radius 1 is 1.42 bits per heavy atom. The molecule has 0 amide bonds. The number of rotatable bonds is 4. The molecule has 0 aromatic carbocycles. The van der Waals surface area contributed by atoms with Crippen LogP contribution in [0.4, 0.5) is 0 Å². The molecule has 12 heavy (non-hydrogen) atoms. The van der Waals surface area contributed by atoms with Crippen molar-refractivity contribution in [3.63, 3.8) is 0 Å². The summed E-state index contributed by atoms with van der Waals surface area (Å²) in [5, 5.41) is 0. The summed E-state index contributed by atoms with van der Waals surface area (Å²) in [6.45, 7) is 12.2. The fourth-order valence-electron chi connectivity index (χ4n) is 1.04. The van der Waals surface area contributed by atoms with Gasteiger partial charge in [-0.15, -0.1) is 0 Å². The van der Waals surface area contributed by atoms with E-state index < -0.39 is 0 Å². The van der Waals surface area contributed by atoms with Gasteiger partial charge in [0.15, 0.2) is 0 Å². The zero-order chi connectivity index (χ0) is 9.56. The molecule has 0 atom stereocenters. The number of allylic oxidation sites excluding steroid dienone is 3. The SMILES string of the molecule is C=C(CCC)/C(C)=C(\C)N=CC. The summed E-state index contributed by atoms with van der Waals surface area (Å²) in [6, 6.07) is 0. The van der Waals surface area contributed by atoms with Crippen molar-refractivity contribution in [3.05, 3.63) is 23.4 Å². The highest BCUT2D eigenvalue weighted by atomic mass is 14.7. The number of nitrogens with zero attached hydrogens (tertiary/aromatic N) is 1. The van der Waals surface area contributed by atoms with Crippen molar-refractivity contribution in [2.75, 3.05) is 0 Å². The Morgan fingerprint density at radius 3 is 2.42 bits per heavy atom.